The standard InChI is InChI=1S/C15H20N2O4S/c1-10(18)16-11(12-5-3-8-22-12)9-13(19)17-7-4-6-15(17,2)14(20)21/h3,5,8,11H,4,6-7,9H2,1-2H3,(H,16,18)(H,20,21). The van der Waals surface area contributed by atoms with Crippen LogP contribution in [0.5, 0.6) is 0 Å². The first-order valence-electron chi connectivity index (χ1n) is 7.19. The third-order valence-electron chi connectivity index (χ3n) is 4.05. The average Bonchev–Trinajstić information content (AvgIpc) is 3.06. The molecule has 1 fully saturated rings. The molecule has 0 spiro atoms. The molecule has 0 aromatic carbocycles. The fraction of sp³-hybridized carbons (Fsp3) is 0.533. The molecule has 2 rings (SSSR count). The topological polar surface area (TPSA) is 86.7 Å². The van der Waals surface area contributed by atoms with Gasteiger partial charge in [-0.3, -0.25) is 9.59 Å². The summed E-state index contributed by atoms with van der Waals surface area (Å²) >= 11 is 1.46. The summed E-state index contributed by atoms with van der Waals surface area (Å²) in [5.41, 5.74) is -1.15. The van der Waals surface area contributed by atoms with Gasteiger partial charge in [-0.05, 0) is 31.2 Å². The van der Waals surface area contributed by atoms with Gasteiger partial charge in [-0.1, -0.05) is 6.07 Å². The zero-order valence-electron chi connectivity index (χ0n) is 12.7. The van der Waals surface area contributed by atoms with Crippen molar-refractivity contribution in [3.63, 3.8) is 0 Å². The van der Waals surface area contributed by atoms with E-state index >= 15 is 0 Å². The van der Waals surface area contributed by atoms with Gasteiger partial charge in [0.05, 0.1) is 12.5 Å². The SMILES string of the molecule is CC(=O)NC(CC(=O)N1CCCC1(C)C(=O)O)c1cccs1. The Labute approximate surface area is 133 Å². The number of amides is 2. The van der Waals surface area contributed by atoms with Gasteiger partial charge in [-0.25, -0.2) is 4.79 Å². The van der Waals surface area contributed by atoms with Crippen molar-refractivity contribution in [2.24, 2.45) is 0 Å². The highest BCUT2D eigenvalue weighted by Gasteiger charge is 2.46. The van der Waals surface area contributed by atoms with E-state index in [-0.39, 0.29) is 18.2 Å². The van der Waals surface area contributed by atoms with Crippen molar-refractivity contribution in [3.8, 4) is 0 Å². The van der Waals surface area contributed by atoms with Crippen LogP contribution in [0.2, 0.25) is 0 Å². The molecule has 1 aromatic rings. The van der Waals surface area contributed by atoms with Crippen molar-refractivity contribution in [1.29, 1.82) is 0 Å². The Morgan fingerprint density at radius 1 is 1.50 bits per heavy atom. The van der Waals surface area contributed by atoms with Crippen molar-refractivity contribution in [2.75, 3.05) is 6.54 Å². The van der Waals surface area contributed by atoms with Crippen LogP contribution in [0, 0.1) is 0 Å². The number of likely N-dealkylation sites (tertiary alicyclic amines) is 1. The lowest BCUT2D eigenvalue weighted by Crippen LogP contribution is -2.51. The Bertz CT molecular complexity index is 572. The molecule has 0 radical (unpaired) electrons. The second kappa shape index (κ2) is 6.48. The average molecular weight is 324 g/mol. The van der Waals surface area contributed by atoms with Gasteiger partial charge in [-0.2, -0.15) is 0 Å². The lowest BCUT2D eigenvalue weighted by atomic mass is 9.98. The van der Waals surface area contributed by atoms with E-state index in [4.69, 9.17) is 0 Å². The second-order valence-electron chi connectivity index (χ2n) is 5.70. The van der Waals surface area contributed by atoms with Crippen LogP contribution in [0.3, 0.4) is 0 Å². The molecular weight excluding hydrogens is 304 g/mol. The highest BCUT2D eigenvalue weighted by Crippen LogP contribution is 2.32. The lowest BCUT2D eigenvalue weighted by Gasteiger charge is -2.32. The Morgan fingerprint density at radius 2 is 2.23 bits per heavy atom. The van der Waals surface area contributed by atoms with E-state index in [2.05, 4.69) is 5.32 Å². The molecule has 7 heteroatoms. The van der Waals surface area contributed by atoms with Gasteiger partial charge in [0.25, 0.3) is 0 Å². The quantitative estimate of drug-likeness (QED) is 0.864. The molecule has 120 valence electrons. The van der Waals surface area contributed by atoms with Gasteiger partial charge in [-0.15, -0.1) is 11.3 Å². The molecule has 1 aliphatic heterocycles. The second-order valence-corrected chi connectivity index (χ2v) is 6.68. The van der Waals surface area contributed by atoms with E-state index in [0.29, 0.717) is 19.4 Å². The molecule has 2 amide bonds. The van der Waals surface area contributed by atoms with Crippen LogP contribution in [0.25, 0.3) is 0 Å². The van der Waals surface area contributed by atoms with Gasteiger partial charge in [0.2, 0.25) is 11.8 Å². The minimum atomic E-state index is -1.15. The zero-order valence-corrected chi connectivity index (χ0v) is 13.5. The van der Waals surface area contributed by atoms with Crippen molar-refractivity contribution in [1.82, 2.24) is 10.2 Å². The highest BCUT2D eigenvalue weighted by atomic mass is 32.1. The van der Waals surface area contributed by atoms with E-state index in [9.17, 15) is 19.5 Å². The summed E-state index contributed by atoms with van der Waals surface area (Å²) in [6.07, 6.45) is 1.21. The van der Waals surface area contributed by atoms with Crippen LogP contribution < -0.4 is 5.32 Å². The summed E-state index contributed by atoms with van der Waals surface area (Å²) < 4.78 is 0. The summed E-state index contributed by atoms with van der Waals surface area (Å²) in [6.45, 7) is 3.43. The molecule has 2 heterocycles. The van der Waals surface area contributed by atoms with Crippen molar-refractivity contribution < 1.29 is 19.5 Å². The Kier molecular flexibility index (Phi) is 4.85. The molecule has 0 bridgehead atoms. The summed E-state index contributed by atoms with van der Waals surface area (Å²) in [5, 5.41) is 14.0. The van der Waals surface area contributed by atoms with Gasteiger partial charge in [0.15, 0.2) is 0 Å². The number of carbonyl (C=O) groups is 3. The minimum Gasteiger partial charge on any atom is -0.480 e. The van der Waals surface area contributed by atoms with Crippen LogP contribution in [-0.2, 0) is 14.4 Å². The minimum absolute atomic E-state index is 0.0724. The van der Waals surface area contributed by atoms with Gasteiger partial charge in [0.1, 0.15) is 5.54 Å². The van der Waals surface area contributed by atoms with Crippen LogP contribution in [0.1, 0.15) is 44.0 Å². The van der Waals surface area contributed by atoms with Crippen molar-refractivity contribution in [2.45, 2.75) is 44.7 Å². The molecule has 2 atom stereocenters. The predicted molar refractivity (Wildman–Crippen MR) is 82.5 cm³/mol. The van der Waals surface area contributed by atoms with Crippen molar-refractivity contribution >= 4 is 29.1 Å². The van der Waals surface area contributed by atoms with Crippen LogP contribution >= 0.6 is 11.3 Å². The fourth-order valence-corrected chi connectivity index (χ4v) is 3.61. The van der Waals surface area contributed by atoms with Gasteiger partial charge >= 0.3 is 5.97 Å². The molecule has 0 aliphatic carbocycles. The highest BCUT2D eigenvalue weighted by molar-refractivity contribution is 7.10. The molecule has 2 N–H and O–H groups in total. The van der Waals surface area contributed by atoms with E-state index in [1.807, 2.05) is 17.5 Å². The van der Waals surface area contributed by atoms with Crippen LogP contribution in [0.4, 0.5) is 0 Å². The first kappa shape index (κ1) is 16.5. The number of aliphatic carboxylic acids is 1. The first-order chi connectivity index (χ1) is 10.3. The number of nitrogens with zero attached hydrogens (tertiary/aromatic N) is 1. The van der Waals surface area contributed by atoms with Crippen LogP contribution in [0.15, 0.2) is 17.5 Å². The molecule has 1 aliphatic rings. The first-order valence-corrected chi connectivity index (χ1v) is 8.07. The number of nitrogens with one attached hydrogen (secondary N) is 1. The van der Waals surface area contributed by atoms with E-state index < -0.39 is 17.6 Å². The summed E-state index contributed by atoms with van der Waals surface area (Å²) in [7, 11) is 0. The summed E-state index contributed by atoms with van der Waals surface area (Å²) in [4.78, 5) is 37.7. The number of carboxylic acids is 1. The molecule has 6 nitrogen and oxygen atoms in total. The normalized spacial score (nSPS) is 22.4. The smallest absolute Gasteiger partial charge is 0.329 e. The van der Waals surface area contributed by atoms with Crippen molar-refractivity contribution in [3.05, 3.63) is 22.4 Å². The third-order valence-corrected chi connectivity index (χ3v) is 5.03. The lowest BCUT2D eigenvalue weighted by molar-refractivity contribution is -0.155. The van der Waals surface area contributed by atoms with Gasteiger partial charge < -0.3 is 15.3 Å². The molecule has 1 saturated heterocycles. The Hall–Kier alpha value is -1.89. The Balaban J connectivity index is 2.14. The molecule has 0 saturated carbocycles. The number of carbonyl (C=O) groups excluding carboxylic acids is 2. The zero-order chi connectivity index (χ0) is 16.3. The van der Waals surface area contributed by atoms with E-state index in [1.54, 1.807) is 6.92 Å². The Morgan fingerprint density at radius 3 is 2.77 bits per heavy atom. The number of hydrogen-bond donors (Lipinski definition) is 2. The molecule has 1 aromatic heterocycles. The number of thiophene rings is 1. The third kappa shape index (κ3) is 3.30. The summed E-state index contributed by atoms with van der Waals surface area (Å²) in [5.74, 6) is -1.44. The molecule has 2 unspecified atom stereocenters. The fourth-order valence-electron chi connectivity index (χ4n) is 2.83. The number of rotatable bonds is 5. The maximum absolute atomic E-state index is 12.6. The van der Waals surface area contributed by atoms with Crippen LogP contribution in [-0.4, -0.2) is 39.9 Å². The monoisotopic (exact) mass is 324 g/mol. The number of carboxylic acid groups (broad SMARTS) is 1. The maximum atomic E-state index is 12.6. The summed E-state index contributed by atoms with van der Waals surface area (Å²) in [6, 6.07) is 3.30. The predicted octanol–water partition coefficient (Wildman–Crippen LogP) is 1.78. The number of hydrogen-bond acceptors (Lipinski definition) is 4. The maximum Gasteiger partial charge on any atom is 0.329 e. The molecule has 22 heavy (non-hydrogen) atoms. The van der Waals surface area contributed by atoms with E-state index in [0.717, 1.165) is 4.88 Å². The van der Waals surface area contributed by atoms with Gasteiger partial charge in [0, 0.05) is 18.3 Å². The molecular formula is C15H20N2O4S. The largest absolute Gasteiger partial charge is 0.480 e. The van der Waals surface area contributed by atoms with E-state index in [1.165, 1.54) is 23.2 Å².